The number of aromatic nitrogens is 1. The summed E-state index contributed by atoms with van der Waals surface area (Å²) in [5.74, 6) is -0.803. The Hall–Kier alpha value is -1.68. The minimum Gasteiger partial charge on any atom is -0.481 e. The second kappa shape index (κ2) is 5.98. The largest absolute Gasteiger partial charge is 0.481 e. The van der Waals surface area contributed by atoms with Crippen LogP contribution in [-0.2, 0) is 23.1 Å². The fraction of sp³-hybridized carbons (Fsp3) is 0.412. The zero-order valence-corrected chi connectivity index (χ0v) is 13.8. The van der Waals surface area contributed by atoms with E-state index in [1.165, 1.54) is 16.9 Å². The van der Waals surface area contributed by atoms with Crippen LogP contribution in [-0.4, -0.2) is 16.1 Å². The van der Waals surface area contributed by atoms with Gasteiger partial charge in [0.2, 0.25) is 0 Å². The van der Waals surface area contributed by atoms with Gasteiger partial charge in [-0.2, -0.15) is 0 Å². The number of aryl methyl sites for hydroxylation is 1. The van der Waals surface area contributed by atoms with Crippen molar-refractivity contribution in [3.63, 3.8) is 0 Å². The van der Waals surface area contributed by atoms with Crippen LogP contribution in [0, 0.1) is 0 Å². The number of hydrogen-bond acceptors (Lipinski definition) is 3. The highest BCUT2D eigenvalue weighted by molar-refractivity contribution is 7.15. The molecule has 1 heterocycles. The summed E-state index contributed by atoms with van der Waals surface area (Å²) in [6.07, 6.45) is 0.820. The minimum absolute atomic E-state index is 0.0565. The summed E-state index contributed by atoms with van der Waals surface area (Å²) < 4.78 is 0. The van der Waals surface area contributed by atoms with Gasteiger partial charge in [0.15, 0.2) is 0 Å². The zero-order chi connectivity index (χ0) is 15.6. The Morgan fingerprint density at radius 3 is 2.33 bits per heavy atom. The van der Waals surface area contributed by atoms with Gasteiger partial charge in [0.05, 0.1) is 12.1 Å². The van der Waals surface area contributed by atoms with Gasteiger partial charge in [0.25, 0.3) is 0 Å². The van der Waals surface area contributed by atoms with Gasteiger partial charge < -0.3 is 5.11 Å². The monoisotopic (exact) mass is 303 g/mol. The Bertz CT molecular complexity index is 636. The molecule has 0 aliphatic heterocycles. The Morgan fingerprint density at radius 2 is 1.86 bits per heavy atom. The zero-order valence-electron chi connectivity index (χ0n) is 12.9. The van der Waals surface area contributed by atoms with Crippen LogP contribution in [0.15, 0.2) is 24.3 Å². The van der Waals surface area contributed by atoms with Crippen LogP contribution in [0.4, 0.5) is 0 Å². The van der Waals surface area contributed by atoms with E-state index in [2.05, 4.69) is 50.0 Å². The summed E-state index contributed by atoms with van der Waals surface area (Å²) >= 11 is 1.49. The van der Waals surface area contributed by atoms with Crippen LogP contribution in [0.1, 0.15) is 43.8 Å². The molecular formula is C17H21NO2S. The molecule has 112 valence electrons. The molecule has 0 radical (unpaired) electrons. The molecule has 0 atom stereocenters. The molecule has 2 aromatic rings. The van der Waals surface area contributed by atoms with Gasteiger partial charge in [-0.1, -0.05) is 52.0 Å². The third-order valence-electron chi connectivity index (χ3n) is 3.42. The molecule has 0 aliphatic rings. The third-order valence-corrected chi connectivity index (χ3v) is 4.57. The van der Waals surface area contributed by atoms with Crippen LogP contribution in [0.2, 0.25) is 0 Å². The first-order valence-corrected chi connectivity index (χ1v) is 7.94. The predicted molar refractivity (Wildman–Crippen MR) is 87.0 cm³/mol. The Kier molecular flexibility index (Phi) is 4.47. The first-order chi connectivity index (χ1) is 9.81. The number of carbonyl (C=O) groups is 1. The quantitative estimate of drug-likeness (QED) is 0.916. The number of hydrogen-bond donors (Lipinski definition) is 1. The number of aliphatic carboxylic acids is 1. The minimum atomic E-state index is -0.803. The van der Waals surface area contributed by atoms with Crippen molar-refractivity contribution in [1.29, 1.82) is 0 Å². The molecular weight excluding hydrogens is 282 g/mol. The lowest BCUT2D eigenvalue weighted by molar-refractivity contribution is -0.136. The van der Waals surface area contributed by atoms with E-state index in [-0.39, 0.29) is 11.8 Å². The molecule has 1 aromatic carbocycles. The molecule has 2 rings (SSSR count). The first-order valence-electron chi connectivity index (χ1n) is 7.12. The summed E-state index contributed by atoms with van der Waals surface area (Å²) in [5.41, 5.74) is 3.37. The Balaban J connectivity index is 2.34. The molecule has 1 N–H and O–H groups in total. The molecule has 0 unspecified atom stereocenters. The highest BCUT2D eigenvalue weighted by Gasteiger charge is 2.16. The molecule has 0 aliphatic carbocycles. The van der Waals surface area contributed by atoms with Gasteiger partial charge in [-0.05, 0) is 17.4 Å². The Morgan fingerprint density at radius 1 is 1.24 bits per heavy atom. The van der Waals surface area contributed by atoms with E-state index in [1.54, 1.807) is 0 Å². The Labute approximate surface area is 129 Å². The van der Waals surface area contributed by atoms with Gasteiger partial charge in [0.1, 0.15) is 5.01 Å². The molecule has 3 nitrogen and oxygen atoms in total. The topological polar surface area (TPSA) is 50.2 Å². The first kappa shape index (κ1) is 15.7. The lowest BCUT2D eigenvalue weighted by Crippen LogP contribution is -2.10. The van der Waals surface area contributed by atoms with Crippen molar-refractivity contribution in [2.45, 2.75) is 46.0 Å². The molecule has 0 bridgehead atoms. The maximum absolute atomic E-state index is 10.9. The van der Waals surface area contributed by atoms with E-state index in [9.17, 15) is 4.79 Å². The van der Waals surface area contributed by atoms with Gasteiger partial charge in [-0.15, -0.1) is 11.3 Å². The van der Waals surface area contributed by atoms with Crippen molar-refractivity contribution in [3.05, 3.63) is 40.4 Å². The lowest BCUT2D eigenvalue weighted by atomic mass is 9.87. The van der Waals surface area contributed by atoms with E-state index < -0.39 is 5.97 Å². The van der Waals surface area contributed by atoms with Crippen LogP contribution >= 0.6 is 11.3 Å². The molecule has 0 saturated carbocycles. The summed E-state index contributed by atoms with van der Waals surface area (Å²) in [7, 11) is 0. The van der Waals surface area contributed by atoms with E-state index in [4.69, 9.17) is 5.11 Å². The molecule has 0 spiro atoms. The second-order valence-corrected chi connectivity index (χ2v) is 7.22. The SMILES string of the molecule is CCc1nc(-c2ccc(C(C)(C)C)cc2)sc1CC(=O)O. The van der Waals surface area contributed by atoms with Crippen LogP contribution in [0.5, 0.6) is 0 Å². The van der Waals surface area contributed by atoms with E-state index in [0.717, 1.165) is 27.6 Å². The van der Waals surface area contributed by atoms with Gasteiger partial charge in [-0.3, -0.25) is 4.79 Å². The standard InChI is InChI=1S/C17H21NO2S/c1-5-13-14(10-15(19)20)21-16(18-13)11-6-8-12(9-7-11)17(2,3)4/h6-9H,5,10H2,1-4H3,(H,19,20). The third kappa shape index (κ3) is 3.70. The van der Waals surface area contributed by atoms with Crippen molar-refractivity contribution in [2.24, 2.45) is 0 Å². The van der Waals surface area contributed by atoms with Gasteiger partial charge >= 0.3 is 5.97 Å². The van der Waals surface area contributed by atoms with Crippen molar-refractivity contribution >= 4 is 17.3 Å². The number of carboxylic acids is 1. The molecule has 0 amide bonds. The van der Waals surface area contributed by atoms with Crippen LogP contribution in [0.3, 0.4) is 0 Å². The summed E-state index contributed by atoms with van der Waals surface area (Å²) in [6.45, 7) is 8.57. The highest BCUT2D eigenvalue weighted by atomic mass is 32.1. The van der Waals surface area contributed by atoms with Crippen LogP contribution < -0.4 is 0 Å². The fourth-order valence-corrected chi connectivity index (χ4v) is 3.32. The van der Waals surface area contributed by atoms with Gasteiger partial charge in [-0.25, -0.2) is 4.98 Å². The number of carboxylic acid groups (broad SMARTS) is 1. The van der Waals surface area contributed by atoms with Gasteiger partial charge in [0, 0.05) is 10.4 Å². The smallest absolute Gasteiger partial charge is 0.308 e. The molecule has 4 heteroatoms. The second-order valence-electron chi connectivity index (χ2n) is 6.14. The molecule has 0 saturated heterocycles. The fourth-order valence-electron chi connectivity index (χ4n) is 2.17. The maximum atomic E-state index is 10.9. The maximum Gasteiger partial charge on any atom is 0.308 e. The number of nitrogens with zero attached hydrogens (tertiary/aromatic N) is 1. The van der Waals surface area contributed by atoms with E-state index in [0.29, 0.717) is 0 Å². The van der Waals surface area contributed by atoms with Crippen molar-refractivity contribution < 1.29 is 9.90 Å². The van der Waals surface area contributed by atoms with E-state index in [1.807, 2.05) is 6.92 Å². The summed E-state index contributed by atoms with van der Waals surface area (Å²) in [4.78, 5) is 16.4. The van der Waals surface area contributed by atoms with E-state index >= 15 is 0 Å². The number of thiazole rings is 1. The lowest BCUT2D eigenvalue weighted by Gasteiger charge is -2.18. The predicted octanol–water partition coefficient (Wildman–Crippen LogP) is 4.30. The average Bonchev–Trinajstić information content (AvgIpc) is 2.80. The highest BCUT2D eigenvalue weighted by Crippen LogP contribution is 2.31. The molecule has 0 fully saturated rings. The summed E-state index contributed by atoms with van der Waals surface area (Å²) in [5, 5.41) is 9.88. The molecule has 1 aromatic heterocycles. The van der Waals surface area contributed by atoms with Crippen LogP contribution in [0.25, 0.3) is 10.6 Å². The molecule has 21 heavy (non-hydrogen) atoms. The van der Waals surface area contributed by atoms with Crippen molar-refractivity contribution in [1.82, 2.24) is 4.98 Å². The number of rotatable bonds is 4. The normalized spacial score (nSPS) is 11.6. The average molecular weight is 303 g/mol. The van der Waals surface area contributed by atoms with Crippen molar-refractivity contribution in [2.75, 3.05) is 0 Å². The summed E-state index contributed by atoms with van der Waals surface area (Å²) in [6, 6.07) is 8.39. The number of benzene rings is 1. The van der Waals surface area contributed by atoms with Crippen molar-refractivity contribution in [3.8, 4) is 10.6 Å².